The molecule has 0 aliphatic carbocycles. The molecule has 0 fully saturated rings. The molecule has 1 N–H and O–H groups in total. The van der Waals surface area contributed by atoms with Crippen molar-refractivity contribution in [3.8, 4) is 11.3 Å². The third kappa shape index (κ3) is 1.37. The highest BCUT2D eigenvalue weighted by atomic mass is 32.2. The van der Waals surface area contributed by atoms with Gasteiger partial charge in [0, 0.05) is 22.3 Å². The minimum absolute atomic E-state index is 0.122. The van der Waals surface area contributed by atoms with E-state index >= 15 is 0 Å². The third-order valence-corrected chi connectivity index (χ3v) is 3.70. The maximum absolute atomic E-state index is 11.1. The van der Waals surface area contributed by atoms with E-state index in [2.05, 4.69) is 16.3 Å². The Kier molecular flexibility index (Phi) is 1.89. The van der Waals surface area contributed by atoms with Crippen molar-refractivity contribution < 1.29 is 0 Å². The number of fused-ring (bicyclic) bond motifs is 3. The SMILES string of the molecule is O=c1cc2c(n[nH]1)-c1ccccc1[SH]C2. The van der Waals surface area contributed by atoms with Crippen molar-refractivity contribution in [2.45, 2.75) is 10.6 Å². The van der Waals surface area contributed by atoms with Crippen molar-refractivity contribution in [2.75, 3.05) is 0 Å². The van der Waals surface area contributed by atoms with Gasteiger partial charge < -0.3 is 0 Å². The van der Waals surface area contributed by atoms with Gasteiger partial charge in [-0.15, -0.1) is 0 Å². The molecule has 4 heteroatoms. The molecule has 0 saturated carbocycles. The molecule has 2 heterocycles. The van der Waals surface area contributed by atoms with E-state index in [1.165, 1.54) is 16.7 Å². The van der Waals surface area contributed by atoms with E-state index in [1.54, 1.807) is 6.07 Å². The molecular weight excluding hydrogens is 208 g/mol. The van der Waals surface area contributed by atoms with Gasteiger partial charge in [0.2, 0.25) is 0 Å². The van der Waals surface area contributed by atoms with Crippen LogP contribution < -0.4 is 5.56 Å². The van der Waals surface area contributed by atoms with Crippen LogP contribution in [0.3, 0.4) is 0 Å². The van der Waals surface area contributed by atoms with Crippen molar-refractivity contribution in [2.24, 2.45) is 0 Å². The zero-order valence-electron chi connectivity index (χ0n) is 7.90. The summed E-state index contributed by atoms with van der Waals surface area (Å²) in [5, 5.41) is 6.61. The van der Waals surface area contributed by atoms with Crippen LogP contribution >= 0.6 is 11.8 Å². The Morgan fingerprint density at radius 1 is 1.33 bits per heavy atom. The predicted octanol–water partition coefficient (Wildman–Crippen LogP) is 1.77. The summed E-state index contributed by atoms with van der Waals surface area (Å²) in [7, 11) is 0. The minimum Gasteiger partial charge on any atom is -0.268 e. The number of nitrogens with zero attached hydrogens (tertiary/aromatic N) is 1. The van der Waals surface area contributed by atoms with Crippen molar-refractivity contribution >= 4 is 11.8 Å². The highest BCUT2D eigenvalue weighted by molar-refractivity contribution is 7.98. The molecule has 1 aromatic heterocycles. The van der Waals surface area contributed by atoms with Crippen molar-refractivity contribution in [1.29, 1.82) is 0 Å². The summed E-state index contributed by atoms with van der Waals surface area (Å²) in [6.45, 7) is 0. The summed E-state index contributed by atoms with van der Waals surface area (Å²) < 4.78 is 0. The second-order valence-corrected chi connectivity index (χ2v) is 4.55. The molecule has 0 amide bonds. The number of aromatic nitrogens is 2. The third-order valence-electron chi connectivity index (χ3n) is 2.47. The van der Waals surface area contributed by atoms with Gasteiger partial charge >= 0.3 is 0 Å². The van der Waals surface area contributed by atoms with Gasteiger partial charge in [-0.3, -0.25) is 4.79 Å². The Bertz CT molecular complexity index is 577. The van der Waals surface area contributed by atoms with Crippen LogP contribution in [-0.2, 0) is 5.75 Å². The Morgan fingerprint density at radius 3 is 3.13 bits per heavy atom. The van der Waals surface area contributed by atoms with Crippen LogP contribution in [-0.4, -0.2) is 10.2 Å². The summed E-state index contributed by atoms with van der Waals surface area (Å²) in [4.78, 5) is 12.4. The molecule has 0 bridgehead atoms. The zero-order chi connectivity index (χ0) is 10.3. The molecule has 1 aromatic carbocycles. The lowest BCUT2D eigenvalue weighted by molar-refractivity contribution is 0.971. The lowest BCUT2D eigenvalue weighted by atomic mass is 10.1. The summed E-state index contributed by atoms with van der Waals surface area (Å²) in [6, 6.07) is 9.82. The minimum atomic E-state index is -0.122. The summed E-state index contributed by atoms with van der Waals surface area (Å²) in [6.07, 6.45) is 0. The van der Waals surface area contributed by atoms with E-state index < -0.39 is 0 Å². The molecule has 3 nitrogen and oxygen atoms in total. The first kappa shape index (κ1) is 8.73. The van der Waals surface area contributed by atoms with E-state index in [0.29, 0.717) is 0 Å². The van der Waals surface area contributed by atoms with Crippen molar-refractivity contribution in [3.05, 3.63) is 46.2 Å². The molecule has 0 saturated heterocycles. The molecule has 0 unspecified atom stereocenters. The van der Waals surface area contributed by atoms with Crippen LogP contribution in [0, 0.1) is 0 Å². The van der Waals surface area contributed by atoms with E-state index in [1.807, 2.05) is 18.2 Å². The lowest BCUT2D eigenvalue weighted by Crippen LogP contribution is -2.11. The van der Waals surface area contributed by atoms with Crippen LogP contribution in [0.15, 0.2) is 40.0 Å². The van der Waals surface area contributed by atoms with Gasteiger partial charge in [0.15, 0.2) is 0 Å². The number of rotatable bonds is 0. The predicted molar refractivity (Wildman–Crippen MR) is 61.2 cm³/mol. The molecule has 75 valence electrons. The number of thiol groups is 1. The number of benzene rings is 1. The molecule has 15 heavy (non-hydrogen) atoms. The number of H-pyrrole nitrogens is 1. The summed E-state index contributed by atoms with van der Waals surface area (Å²) in [5.41, 5.74) is 2.98. The first-order valence-corrected chi connectivity index (χ1v) is 5.78. The average Bonchev–Trinajstić information content (AvgIpc) is 2.28. The molecular formula is C11H9N2OS. The molecule has 1 aliphatic heterocycles. The van der Waals surface area contributed by atoms with E-state index in [4.69, 9.17) is 0 Å². The maximum Gasteiger partial charge on any atom is 0.264 e. The van der Waals surface area contributed by atoms with Crippen LogP contribution in [0.1, 0.15) is 5.56 Å². The number of aromatic amines is 1. The van der Waals surface area contributed by atoms with E-state index in [9.17, 15) is 4.79 Å². The number of hydrogen-bond acceptors (Lipinski definition) is 2. The highest BCUT2D eigenvalue weighted by Crippen LogP contribution is 2.38. The van der Waals surface area contributed by atoms with Gasteiger partial charge in [-0.25, -0.2) is 5.10 Å². The van der Waals surface area contributed by atoms with E-state index in [-0.39, 0.29) is 5.56 Å². The fraction of sp³-hybridized carbons (Fsp3) is 0.0909. The average molecular weight is 217 g/mol. The van der Waals surface area contributed by atoms with Crippen LogP contribution in [0.25, 0.3) is 11.3 Å². The summed E-state index contributed by atoms with van der Waals surface area (Å²) in [5.74, 6) is 0.878. The first-order valence-electron chi connectivity index (χ1n) is 4.70. The molecule has 0 spiro atoms. The Labute approximate surface area is 90.5 Å². The van der Waals surface area contributed by atoms with Crippen molar-refractivity contribution in [1.82, 2.24) is 10.2 Å². The van der Waals surface area contributed by atoms with Gasteiger partial charge in [0.1, 0.15) is 0 Å². The second kappa shape index (κ2) is 3.24. The topological polar surface area (TPSA) is 45.8 Å². The highest BCUT2D eigenvalue weighted by Gasteiger charge is 2.16. The smallest absolute Gasteiger partial charge is 0.264 e. The zero-order valence-corrected chi connectivity index (χ0v) is 8.79. The molecule has 3 rings (SSSR count). The normalized spacial score (nSPS) is 13.1. The molecule has 1 aliphatic rings. The Morgan fingerprint density at radius 2 is 2.20 bits per heavy atom. The Hall–Kier alpha value is -1.55. The fourth-order valence-electron chi connectivity index (χ4n) is 1.78. The first-order chi connectivity index (χ1) is 7.34. The second-order valence-electron chi connectivity index (χ2n) is 3.44. The fourth-order valence-corrected chi connectivity index (χ4v) is 2.90. The quantitative estimate of drug-likeness (QED) is 0.661. The Balaban J connectivity index is 2.30. The number of nitrogens with one attached hydrogen (secondary N) is 1. The van der Waals surface area contributed by atoms with Gasteiger partial charge in [-0.2, -0.15) is 16.9 Å². The molecule has 1 radical (unpaired) electrons. The van der Waals surface area contributed by atoms with Crippen LogP contribution in [0.2, 0.25) is 0 Å². The lowest BCUT2D eigenvalue weighted by Gasteiger charge is -2.17. The molecule has 2 aromatic rings. The van der Waals surface area contributed by atoms with Gasteiger partial charge in [-0.1, -0.05) is 18.2 Å². The van der Waals surface area contributed by atoms with Crippen LogP contribution in [0.4, 0.5) is 0 Å². The maximum atomic E-state index is 11.1. The standard InChI is InChI=1S/C11H9N2OS/c14-10-5-7-6-15-9-4-2-1-3-8(9)11(7)13-12-10/h1-5,15H,6H2,(H,12,14). The van der Waals surface area contributed by atoms with Gasteiger partial charge in [-0.05, 0) is 11.6 Å². The van der Waals surface area contributed by atoms with Crippen LogP contribution in [0.5, 0.6) is 0 Å². The van der Waals surface area contributed by atoms with Gasteiger partial charge in [0.25, 0.3) is 5.56 Å². The van der Waals surface area contributed by atoms with Gasteiger partial charge in [0.05, 0.1) is 5.69 Å². The largest absolute Gasteiger partial charge is 0.268 e. The molecule has 0 atom stereocenters. The monoisotopic (exact) mass is 217 g/mol. The van der Waals surface area contributed by atoms with Crippen molar-refractivity contribution in [3.63, 3.8) is 0 Å². The number of hydrogen-bond donors (Lipinski definition) is 2. The van der Waals surface area contributed by atoms with E-state index in [0.717, 1.165) is 22.6 Å². The summed E-state index contributed by atoms with van der Waals surface area (Å²) >= 11 is 1.25.